The molecule has 2 aromatic carbocycles. The van der Waals surface area contributed by atoms with Crippen molar-refractivity contribution in [2.45, 2.75) is 30.8 Å². The van der Waals surface area contributed by atoms with Crippen LogP contribution >= 0.6 is 0 Å². The van der Waals surface area contributed by atoms with Crippen LogP contribution in [0.25, 0.3) is 0 Å². The highest BCUT2D eigenvalue weighted by atomic mass is 16.5. The first-order valence-electron chi connectivity index (χ1n) is 9.75. The number of carbonyl (C=O) groups excluding carboxylic acids is 1. The van der Waals surface area contributed by atoms with Gasteiger partial charge in [0, 0.05) is 17.4 Å². The van der Waals surface area contributed by atoms with Gasteiger partial charge >= 0.3 is 0 Å². The number of likely N-dealkylation sites (tertiary alicyclic amines) is 1. The van der Waals surface area contributed by atoms with Crippen molar-refractivity contribution in [3.8, 4) is 23.7 Å². The minimum Gasteiger partial charge on any atom is -0.495 e. The molecule has 2 aliphatic rings. The third-order valence-electron chi connectivity index (χ3n) is 5.66. The highest BCUT2D eigenvalue weighted by Gasteiger charge is 2.53. The van der Waals surface area contributed by atoms with Crippen molar-refractivity contribution < 1.29 is 14.6 Å². The standard InChI is InChI=1S/C24H22N2O3/c1-29-22-5-3-2-4-17(22)9-6-16-7-10-18(11-8-16)23-20(14-25)26(21(23)15-27)24(28)19-12-13-19/h2-5,7-8,10-11,19-21,23,27H,12-13,15H2,1H3/t20-,21-,23+/m1/s1. The summed E-state index contributed by atoms with van der Waals surface area (Å²) in [6, 6.07) is 16.7. The molecule has 5 nitrogen and oxygen atoms in total. The number of hydrogen-bond donors (Lipinski definition) is 1. The number of nitriles is 1. The lowest BCUT2D eigenvalue weighted by Crippen LogP contribution is -2.65. The predicted molar refractivity (Wildman–Crippen MR) is 108 cm³/mol. The van der Waals surface area contributed by atoms with E-state index in [-0.39, 0.29) is 30.4 Å². The van der Waals surface area contributed by atoms with Crippen LogP contribution in [0.4, 0.5) is 0 Å². The van der Waals surface area contributed by atoms with Crippen molar-refractivity contribution in [3.63, 3.8) is 0 Å². The molecule has 1 amide bonds. The molecule has 0 spiro atoms. The Bertz CT molecular complexity index is 1010. The summed E-state index contributed by atoms with van der Waals surface area (Å²) in [7, 11) is 1.62. The Hall–Kier alpha value is -3.28. The molecule has 1 aliphatic heterocycles. The van der Waals surface area contributed by atoms with Crippen LogP contribution in [-0.4, -0.2) is 41.7 Å². The van der Waals surface area contributed by atoms with Crippen LogP contribution in [0, 0.1) is 29.1 Å². The Morgan fingerprint density at radius 3 is 2.52 bits per heavy atom. The maximum atomic E-state index is 12.5. The maximum absolute atomic E-state index is 12.5. The molecule has 1 heterocycles. The Morgan fingerprint density at radius 1 is 1.17 bits per heavy atom. The van der Waals surface area contributed by atoms with Crippen LogP contribution in [0.15, 0.2) is 48.5 Å². The zero-order valence-corrected chi connectivity index (χ0v) is 16.2. The number of amides is 1. The summed E-state index contributed by atoms with van der Waals surface area (Å²) < 4.78 is 5.32. The quantitative estimate of drug-likeness (QED) is 0.820. The zero-order chi connectivity index (χ0) is 20.4. The molecule has 0 radical (unpaired) electrons. The Kier molecular flexibility index (Phi) is 5.25. The highest BCUT2D eigenvalue weighted by molar-refractivity contribution is 5.83. The molecule has 1 N–H and O–H groups in total. The van der Waals surface area contributed by atoms with E-state index >= 15 is 0 Å². The van der Waals surface area contributed by atoms with Gasteiger partial charge in [0.05, 0.1) is 31.4 Å². The number of ether oxygens (including phenoxy) is 1. The van der Waals surface area contributed by atoms with E-state index < -0.39 is 6.04 Å². The fourth-order valence-corrected chi connectivity index (χ4v) is 3.93. The minimum absolute atomic E-state index is 0.00569. The van der Waals surface area contributed by atoms with Gasteiger partial charge in [-0.3, -0.25) is 4.79 Å². The average molecular weight is 386 g/mol. The van der Waals surface area contributed by atoms with E-state index in [9.17, 15) is 15.2 Å². The van der Waals surface area contributed by atoms with Gasteiger partial charge in [-0.25, -0.2) is 0 Å². The summed E-state index contributed by atoms with van der Waals surface area (Å²) in [4.78, 5) is 14.0. The fourth-order valence-electron chi connectivity index (χ4n) is 3.93. The van der Waals surface area contributed by atoms with Crippen LogP contribution in [0.2, 0.25) is 0 Å². The largest absolute Gasteiger partial charge is 0.495 e. The summed E-state index contributed by atoms with van der Waals surface area (Å²) in [5.74, 6) is 6.84. The van der Waals surface area contributed by atoms with Crippen LogP contribution in [0.3, 0.4) is 0 Å². The van der Waals surface area contributed by atoms with Gasteiger partial charge in [0.15, 0.2) is 0 Å². The lowest BCUT2D eigenvalue weighted by molar-refractivity contribution is -0.148. The van der Waals surface area contributed by atoms with E-state index in [2.05, 4.69) is 17.9 Å². The molecule has 2 aromatic rings. The zero-order valence-electron chi connectivity index (χ0n) is 16.2. The molecule has 0 unspecified atom stereocenters. The molecule has 1 saturated heterocycles. The molecule has 0 aromatic heterocycles. The third kappa shape index (κ3) is 3.58. The number of aliphatic hydroxyl groups excluding tert-OH is 1. The first-order chi connectivity index (χ1) is 14.2. The number of hydrogen-bond acceptors (Lipinski definition) is 4. The fraction of sp³-hybridized carbons (Fsp3) is 0.333. The molecule has 5 heteroatoms. The van der Waals surface area contributed by atoms with E-state index in [0.29, 0.717) is 0 Å². The normalized spacial score (nSPS) is 22.7. The molecule has 1 aliphatic carbocycles. The van der Waals surface area contributed by atoms with Gasteiger partial charge in [0.2, 0.25) is 5.91 Å². The summed E-state index contributed by atoms with van der Waals surface area (Å²) in [6.45, 7) is -0.142. The van der Waals surface area contributed by atoms with Crippen LogP contribution in [-0.2, 0) is 4.79 Å². The smallest absolute Gasteiger partial charge is 0.227 e. The number of nitrogens with zero attached hydrogens (tertiary/aromatic N) is 2. The van der Waals surface area contributed by atoms with Crippen molar-refractivity contribution in [1.29, 1.82) is 5.26 Å². The lowest BCUT2D eigenvalue weighted by atomic mass is 9.75. The van der Waals surface area contributed by atoms with E-state index in [4.69, 9.17) is 4.74 Å². The molecule has 146 valence electrons. The monoisotopic (exact) mass is 386 g/mol. The summed E-state index contributed by atoms with van der Waals surface area (Å²) in [5.41, 5.74) is 2.61. The van der Waals surface area contributed by atoms with Crippen LogP contribution in [0.1, 0.15) is 35.4 Å². The second-order valence-electron chi connectivity index (χ2n) is 7.44. The summed E-state index contributed by atoms with van der Waals surface area (Å²) in [6.07, 6.45) is 1.77. The number of rotatable bonds is 4. The Balaban J connectivity index is 1.53. The second kappa shape index (κ2) is 7.99. The van der Waals surface area contributed by atoms with Crippen molar-refractivity contribution in [3.05, 3.63) is 65.2 Å². The van der Waals surface area contributed by atoms with Gasteiger partial charge < -0.3 is 14.7 Å². The van der Waals surface area contributed by atoms with Gasteiger partial charge in [-0.1, -0.05) is 36.1 Å². The first-order valence-corrected chi connectivity index (χ1v) is 9.75. The molecular weight excluding hydrogens is 364 g/mol. The van der Waals surface area contributed by atoms with E-state index in [1.807, 2.05) is 48.5 Å². The molecular formula is C24H22N2O3. The topological polar surface area (TPSA) is 73.6 Å². The van der Waals surface area contributed by atoms with E-state index in [1.54, 1.807) is 12.0 Å². The van der Waals surface area contributed by atoms with Crippen LogP contribution in [0.5, 0.6) is 5.75 Å². The van der Waals surface area contributed by atoms with E-state index in [1.165, 1.54) is 0 Å². The first kappa shape index (κ1) is 19.1. The minimum atomic E-state index is -0.522. The molecule has 3 atom stereocenters. The van der Waals surface area contributed by atoms with Gasteiger partial charge in [-0.2, -0.15) is 5.26 Å². The van der Waals surface area contributed by atoms with Crippen molar-refractivity contribution in [1.82, 2.24) is 4.90 Å². The number of carbonyl (C=O) groups is 1. The van der Waals surface area contributed by atoms with Gasteiger partial charge in [0.1, 0.15) is 11.8 Å². The molecule has 1 saturated carbocycles. The van der Waals surface area contributed by atoms with Gasteiger partial charge in [-0.15, -0.1) is 0 Å². The van der Waals surface area contributed by atoms with Crippen LogP contribution < -0.4 is 4.74 Å². The maximum Gasteiger partial charge on any atom is 0.227 e. The summed E-state index contributed by atoms with van der Waals surface area (Å²) >= 11 is 0. The van der Waals surface area contributed by atoms with Crippen molar-refractivity contribution in [2.24, 2.45) is 5.92 Å². The number of benzene rings is 2. The molecule has 2 fully saturated rings. The van der Waals surface area contributed by atoms with Crippen molar-refractivity contribution in [2.75, 3.05) is 13.7 Å². The van der Waals surface area contributed by atoms with Crippen molar-refractivity contribution >= 4 is 5.91 Å². The average Bonchev–Trinajstić information content (AvgIpc) is 3.58. The third-order valence-corrected chi connectivity index (χ3v) is 5.66. The SMILES string of the molecule is COc1ccccc1C#Cc1ccc([C@H]2[C@@H](C#N)N(C(=O)C3CC3)[C@@H]2CO)cc1. The molecule has 29 heavy (non-hydrogen) atoms. The number of para-hydroxylation sites is 1. The molecule has 4 rings (SSSR count). The Morgan fingerprint density at radius 2 is 1.90 bits per heavy atom. The van der Waals surface area contributed by atoms with E-state index in [0.717, 1.165) is 35.3 Å². The number of aliphatic hydroxyl groups is 1. The Labute approximate surface area is 170 Å². The predicted octanol–water partition coefficient (Wildman–Crippen LogP) is 2.68. The number of methoxy groups -OCH3 is 1. The van der Waals surface area contributed by atoms with Gasteiger partial charge in [0.25, 0.3) is 0 Å². The van der Waals surface area contributed by atoms with Gasteiger partial charge in [-0.05, 0) is 42.7 Å². The second-order valence-corrected chi connectivity index (χ2v) is 7.44. The lowest BCUT2D eigenvalue weighted by Gasteiger charge is -2.51. The summed E-state index contributed by atoms with van der Waals surface area (Å²) in [5, 5.41) is 19.4. The highest BCUT2D eigenvalue weighted by Crippen LogP contribution is 2.44. The molecule has 0 bridgehead atoms.